The predicted molar refractivity (Wildman–Crippen MR) is 50.7 cm³/mol. The molecule has 66 valence electrons. The summed E-state index contributed by atoms with van der Waals surface area (Å²) in [6, 6.07) is 6.44. The van der Waals surface area contributed by atoms with Crippen LogP contribution in [-0.2, 0) is 9.05 Å². The maximum absolute atomic E-state index is 10.9. The molecule has 0 bridgehead atoms. The molecule has 0 radical (unpaired) electrons. The van der Waals surface area contributed by atoms with Crippen LogP contribution in [0, 0.1) is 0 Å². The first-order valence-electron chi connectivity index (χ1n) is 2.88. The van der Waals surface area contributed by atoms with Crippen LogP contribution in [0.3, 0.4) is 0 Å². The summed E-state index contributed by atoms with van der Waals surface area (Å²) >= 11 is -0.376. The van der Waals surface area contributed by atoms with Gasteiger partial charge in [0.05, 0.1) is 0 Å². The van der Waals surface area contributed by atoms with Crippen LogP contribution in [0.15, 0.2) is 29.2 Å². The van der Waals surface area contributed by atoms with E-state index in [1.54, 1.807) is 18.2 Å². The van der Waals surface area contributed by atoms with Crippen LogP contribution in [0.4, 0.5) is 0 Å². The van der Waals surface area contributed by atoms with Crippen LogP contribution in [0.2, 0.25) is 0 Å². The molecule has 0 spiro atoms. The van der Waals surface area contributed by atoms with Gasteiger partial charge in [0.2, 0.25) is 0 Å². The number of hydrogen-bond donors (Lipinski definition) is 0. The SMILES string of the molecule is O=S(=O)(Cl)c1ccccc1[Se]Cl. The summed E-state index contributed by atoms with van der Waals surface area (Å²) in [5.41, 5.74) is 0. The zero-order valence-corrected chi connectivity index (χ0v) is 9.74. The fraction of sp³-hybridized carbons (Fsp3) is 0. The molecular formula is C6H4Cl2O2SSe. The summed E-state index contributed by atoms with van der Waals surface area (Å²) in [5.74, 6) is 0. The molecule has 1 aromatic carbocycles. The van der Waals surface area contributed by atoms with Gasteiger partial charge >= 0.3 is 85.9 Å². The van der Waals surface area contributed by atoms with Crippen LogP contribution in [0.1, 0.15) is 0 Å². The first kappa shape index (κ1) is 10.4. The average molecular weight is 290 g/mol. The van der Waals surface area contributed by atoms with Gasteiger partial charge in [-0.1, -0.05) is 0 Å². The summed E-state index contributed by atoms with van der Waals surface area (Å²) in [4.78, 5) is 0.113. The van der Waals surface area contributed by atoms with Gasteiger partial charge in [0.25, 0.3) is 0 Å². The molecule has 6 heteroatoms. The van der Waals surface area contributed by atoms with Gasteiger partial charge in [0.15, 0.2) is 0 Å². The van der Waals surface area contributed by atoms with E-state index in [2.05, 4.69) is 0 Å². The molecule has 0 saturated carbocycles. The Labute approximate surface area is 85.7 Å². The van der Waals surface area contributed by atoms with Gasteiger partial charge in [-0.05, 0) is 0 Å². The molecule has 2 nitrogen and oxygen atoms in total. The minimum absolute atomic E-state index is 0.113. The Hall–Kier alpha value is 0.269. The number of benzene rings is 1. The van der Waals surface area contributed by atoms with Crippen molar-refractivity contribution in [3.8, 4) is 0 Å². The molecule has 0 atom stereocenters. The van der Waals surface area contributed by atoms with Gasteiger partial charge in [-0.3, -0.25) is 0 Å². The summed E-state index contributed by atoms with van der Waals surface area (Å²) in [6.45, 7) is 0. The third-order valence-corrected chi connectivity index (χ3v) is 4.83. The van der Waals surface area contributed by atoms with Crippen molar-refractivity contribution in [2.24, 2.45) is 0 Å². The average Bonchev–Trinajstić information content (AvgIpc) is 2.03. The molecule has 0 fully saturated rings. The van der Waals surface area contributed by atoms with Crippen molar-refractivity contribution < 1.29 is 8.42 Å². The number of halogens is 2. The van der Waals surface area contributed by atoms with E-state index in [1.807, 2.05) is 0 Å². The molecule has 1 rings (SSSR count). The van der Waals surface area contributed by atoms with E-state index < -0.39 is 9.05 Å². The maximum atomic E-state index is 10.9. The summed E-state index contributed by atoms with van der Waals surface area (Å²) in [7, 11) is 7.10. The van der Waals surface area contributed by atoms with Gasteiger partial charge in [0.1, 0.15) is 0 Å². The summed E-state index contributed by atoms with van der Waals surface area (Å²) < 4.78 is 22.4. The molecular weight excluding hydrogens is 286 g/mol. The zero-order valence-electron chi connectivity index (χ0n) is 5.70. The molecule has 1 aromatic rings. The van der Waals surface area contributed by atoms with Crippen molar-refractivity contribution in [2.45, 2.75) is 4.90 Å². The van der Waals surface area contributed by atoms with E-state index in [-0.39, 0.29) is 18.9 Å². The van der Waals surface area contributed by atoms with Crippen molar-refractivity contribution in [1.29, 1.82) is 0 Å². The third kappa shape index (κ3) is 2.38. The van der Waals surface area contributed by atoms with E-state index in [0.29, 0.717) is 4.46 Å². The van der Waals surface area contributed by atoms with Crippen LogP contribution >= 0.6 is 20.8 Å². The zero-order chi connectivity index (χ0) is 9.19. The molecule has 0 aliphatic rings. The second kappa shape index (κ2) is 3.99. The predicted octanol–water partition coefficient (Wildman–Crippen LogP) is 1.10. The first-order valence-corrected chi connectivity index (χ1v) is 8.29. The molecule has 0 saturated heterocycles. The Bertz CT molecular complexity index is 377. The monoisotopic (exact) mass is 290 g/mol. The van der Waals surface area contributed by atoms with Crippen LogP contribution in [0.5, 0.6) is 0 Å². The van der Waals surface area contributed by atoms with E-state index in [4.69, 9.17) is 20.8 Å². The van der Waals surface area contributed by atoms with E-state index in [1.165, 1.54) is 6.07 Å². The Kier molecular flexibility index (Phi) is 3.44. The van der Waals surface area contributed by atoms with Crippen LogP contribution in [0.25, 0.3) is 0 Å². The summed E-state index contributed by atoms with van der Waals surface area (Å²) in [5, 5.41) is 0. The van der Waals surface area contributed by atoms with Crippen molar-refractivity contribution in [1.82, 2.24) is 0 Å². The van der Waals surface area contributed by atoms with Gasteiger partial charge in [-0.25, -0.2) is 0 Å². The van der Waals surface area contributed by atoms with Crippen molar-refractivity contribution in [2.75, 3.05) is 0 Å². The van der Waals surface area contributed by atoms with Gasteiger partial charge in [0, 0.05) is 0 Å². The van der Waals surface area contributed by atoms with E-state index in [0.717, 1.165) is 0 Å². The minimum atomic E-state index is -3.64. The number of hydrogen-bond acceptors (Lipinski definition) is 2. The standard InChI is InChI=1S/C6H4Cl2O2SSe/c7-11(9,10)5-3-1-2-4-6(5)12-8/h1-4H. The van der Waals surface area contributed by atoms with Crippen molar-refractivity contribution in [3.63, 3.8) is 0 Å². The Morgan fingerprint density at radius 3 is 2.25 bits per heavy atom. The van der Waals surface area contributed by atoms with Crippen LogP contribution in [-0.4, -0.2) is 22.5 Å². The van der Waals surface area contributed by atoms with E-state index >= 15 is 0 Å². The molecule has 0 aliphatic heterocycles. The Morgan fingerprint density at radius 1 is 1.25 bits per heavy atom. The molecule has 0 heterocycles. The number of rotatable bonds is 2. The first-order chi connectivity index (χ1) is 5.55. The quantitative estimate of drug-likeness (QED) is 0.604. The van der Waals surface area contributed by atoms with E-state index in [9.17, 15) is 8.42 Å². The van der Waals surface area contributed by atoms with Crippen LogP contribution < -0.4 is 4.46 Å². The van der Waals surface area contributed by atoms with Crippen molar-refractivity contribution >= 4 is 48.3 Å². The topological polar surface area (TPSA) is 34.1 Å². The van der Waals surface area contributed by atoms with Gasteiger partial charge in [-0.15, -0.1) is 0 Å². The third-order valence-electron chi connectivity index (χ3n) is 1.19. The molecule has 12 heavy (non-hydrogen) atoms. The second-order valence-electron chi connectivity index (χ2n) is 1.96. The molecule has 0 unspecified atom stereocenters. The molecule has 0 amide bonds. The molecule has 0 aromatic heterocycles. The molecule has 0 aliphatic carbocycles. The van der Waals surface area contributed by atoms with Crippen molar-refractivity contribution in [3.05, 3.63) is 24.3 Å². The summed E-state index contributed by atoms with van der Waals surface area (Å²) in [6.07, 6.45) is 0. The Morgan fingerprint density at radius 2 is 1.83 bits per heavy atom. The Balaban J connectivity index is 3.33. The van der Waals surface area contributed by atoms with Gasteiger partial charge < -0.3 is 0 Å². The fourth-order valence-corrected chi connectivity index (χ4v) is 4.40. The normalized spacial score (nSPS) is 11.5. The molecule has 0 N–H and O–H groups in total. The van der Waals surface area contributed by atoms with Gasteiger partial charge in [-0.2, -0.15) is 0 Å². The fourth-order valence-electron chi connectivity index (χ4n) is 0.715. The second-order valence-corrected chi connectivity index (χ2v) is 6.54.